The van der Waals surface area contributed by atoms with E-state index in [1.165, 1.54) is 6.20 Å². The molecule has 1 aromatic heterocycles. The van der Waals surface area contributed by atoms with Crippen LogP contribution in [0.2, 0.25) is 0 Å². The lowest BCUT2D eigenvalue weighted by Gasteiger charge is -2.08. The summed E-state index contributed by atoms with van der Waals surface area (Å²) in [5.41, 5.74) is 4.31. The molecule has 0 aliphatic carbocycles. The zero-order chi connectivity index (χ0) is 19.1. The molecule has 0 atom stereocenters. The highest BCUT2D eigenvalue weighted by molar-refractivity contribution is 6.04. The van der Waals surface area contributed by atoms with Crippen molar-refractivity contribution in [3.63, 3.8) is 0 Å². The number of aryl methyl sites for hydroxylation is 1. The molecule has 136 valence electrons. The maximum Gasteiger partial charge on any atom is 0.257 e. The van der Waals surface area contributed by atoms with E-state index in [0.717, 1.165) is 16.7 Å². The number of carbonyl (C=O) groups is 2. The first kappa shape index (κ1) is 18.3. The fraction of sp³-hybridized carbons (Fsp3) is 0.136. The summed E-state index contributed by atoms with van der Waals surface area (Å²) in [5, 5.41) is 5.74. The molecule has 5 heteroatoms. The molecular weight excluding hydrogens is 338 g/mol. The van der Waals surface area contributed by atoms with E-state index in [4.69, 9.17) is 0 Å². The van der Waals surface area contributed by atoms with Crippen LogP contribution in [0.15, 0.2) is 73.1 Å². The number of benzene rings is 2. The van der Waals surface area contributed by atoms with Gasteiger partial charge in [-0.15, -0.1) is 0 Å². The summed E-state index contributed by atoms with van der Waals surface area (Å²) in [7, 11) is 0. The predicted octanol–water partition coefficient (Wildman–Crippen LogP) is 3.50. The van der Waals surface area contributed by atoms with Gasteiger partial charge in [0, 0.05) is 24.6 Å². The number of rotatable bonds is 6. The molecule has 0 fully saturated rings. The van der Waals surface area contributed by atoms with Crippen molar-refractivity contribution >= 4 is 17.5 Å². The predicted molar refractivity (Wildman–Crippen MR) is 105 cm³/mol. The third-order valence-corrected chi connectivity index (χ3v) is 4.07. The number of carbonyl (C=O) groups excluding carboxylic acids is 2. The van der Waals surface area contributed by atoms with Crippen LogP contribution >= 0.6 is 0 Å². The summed E-state index contributed by atoms with van der Waals surface area (Å²) in [6.07, 6.45) is 3.51. The standard InChI is InChI=1S/C22H21N3O2/c1-16-4-2-5-18(12-16)13-21(26)24-14-17-7-9-20(10-8-17)25-22(27)19-6-3-11-23-15-19/h2-12,15H,13-14H2,1H3,(H,24,26)(H,25,27). The molecule has 0 spiro atoms. The van der Waals surface area contributed by atoms with Gasteiger partial charge in [0.1, 0.15) is 0 Å². The molecule has 2 amide bonds. The Kier molecular flexibility index (Phi) is 5.94. The van der Waals surface area contributed by atoms with Gasteiger partial charge in [-0.2, -0.15) is 0 Å². The number of pyridine rings is 1. The normalized spacial score (nSPS) is 10.3. The third-order valence-electron chi connectivity index (χ3n) is 4.07. The Morgan fingerprint density at radius 2 is 1.78 bits per heavy atom. The largest absolute Gasteiger partial charge is 0.352 e. The molecule has 0 unspecified atom stereocenters. The van der Waals surface area contributed by atoms with Crippen molar-refractivity contribution in [2.45, 2.75) is 19.9 Å². The lowest BCUT2D eigenvalue weighted by molar-refractivity contribution is -0.120. The Morgan fingerprint density at radius 3 is 2.48 bits per heavy atom. The van der Waals surface area contributed by atoms with Crippen LogP contribution in [-0.2, 0) is 17.8 Å². The maximum absolute atomic E-state index is 12.1. The van der Waals surface area contributed by atoms with E-state index in [1.807, 2.05) is 55.5 Å². The lowest BCUT2D eigenvalue weighted by Crippen LogP contribution is -2.24. The van der Waals surface area contributed by atoms with Gasteiger partial charge in [0.05, 0.1) is 12.0 Å². The second-order valence-corrected chi connectivity index (χ2v) is 6.34. The number of hydrogen-bond donors (Lipinski definition) is 2. The molecule has 0 saturated carbocycles. The molecule has 3 rings (SSSR count). The van der Waals surface area contributed by atoms with Crippen LogP contribution in [0.1, 0.15) is 27.0 Å². The molecule has 5 nitrogen and oxygen atoms in total. The number of anilines is 1. The first-order chi connectivity index (χ1) is 13.1. The number of nitrogens with zero attached hydrogens (tertiary/aromatic N) is 1. The number of aromatic nitrogens is 1. The van der Waals surface area contributed by atoms with Crippen LogP contribution in [0.3, 0.4) is 0 Å². The minimum absolute atomic E-state index is 0.0189. The smallest absolute Gasteiger partial charge is 0.257 e. The minimum atomic E-state index is -0.206. The second-order valence-electron chi connectivity index (χ2n) is 6.34. The van der Waals surface area contributed by atoms with Crippen molar-refractivity contribution < 1.29 is 9.59 Å². The number of amides is 2. The fourth-order valence-electron chi connectivity index (χ4n) is 2.68. The van der Waals surface area contributed by atoms with E-state index >= 15 is 0 Å². The Labute approximate surface area is 158 Å². The van der Waals surface area contributed by atoms with Gasteiger partial charge in [0.2, 0.25) is 5.91 Å². The van der Waals surface area contributed by atoms with Crippen LogP contribution in [0, 0.1) is 6.92 Å². The molecule has 1 heterocycles. The average molecular weight is 359 g/mol. The van der Waals surface area contributed by atoms with E-state index in [-0.39, 0.29) is 11.8 Å². The lowest BCUT2D eigenvalue weighted by atomic mass is 10.1. The summed E-state index contributed by atoms with van der Waals surface area (Å²) in [6.45, 7) is 2.46. The molecule has 2 N–H and O–H groups in total. The summed E-state index contributed by atoms with van der Waals surface area (Å²) in [4.78, 5) is 28.1. The highest BCUT2D eigenvalue weighted by Gasteiger charge is 2.06. The van der Waals surface area contributed by atoms with Crippen molar-refractivity contribution in [3.8, 4) is 0 Å². The van der Waals surface area contributed by atoms with Gasteiger partial charge < -0.3 is 10.6 Å². The van der Waals surface area contributed by atoms with Gasteiger partial charge in [-0.05, 0) is 42.3 Å². The fourth-order valence-corrected chi connectivity index (χ4v) is 2.68. The summed E-state index contributed by atoms with van der Waals surface area (Å²) in [5.74, 6) is -0.225. The monoisotopic (exact) mass is 359 g/mol. The van der Waals surface area contributed by atoms with Gasteiger partial charge in [-0.3, -0.25) is 14.6 Å². The van der Waals surface area contributed by atoms with Crippen molar-refractivity contribution in [3.05, 3.63) is 95.3 Å². The second kappa shape index (κ2) is 8.76. The Balaban J connectivity index is 1.50. The molecule has 0 aliphatic heterocycles. The molecule has 0 radical (unpaired) electrons. The number of hydrogen-bond acceptors (Lipinski definition) is 3. The third kappa shape index (κ3) is 5.51. The molecule has 3 aromatic rings. The van der Waals surface area contributed by atoms with E-state index in [2.05, 4.69) is 15.6 Å². The van der Waals surface area contributed by atoms with Gasteiger partial charge in [-0.1, -0.05) is 42.0 Å². The summed E-state index contributed by atoms with van der Waals surface area (Å²) >= 11 is 0. The van der Waals surface area contributed by atoms with Crippen molar-refractivity contribution in [1.29, 1.82) is 0 Å². The molecule has 0 saturated heterocycles. The van der Waals surface area contributed by atoms with Crippen molar-refractivity contribution in [1.82, 2.24) is 10.3 Å². The SMILES string of the molecule is Cc1cccc(CC(=O)NCc2ccc(NC(=O)c3cccnc3)cc2)c1. The highest BCUT2D eigenvalue weighted by Crippen LogP contribution is 2.11. The van der Waals surface area contributed by atoms with Gasteiger partial charge in [0.15, 0.2) is 0 Å². The van der Waals surface area contributed by atoms with Crippen LogP contribution in [0.4, 0.5) is 5.69 Å². The molecule has 0 aliphatic rings. The van der Waals surface area contributed by atoms with Crippen LogP contribution < -0.4 is 10.6 Å². The zero-order valence-electron chi connectivity index (χ0n) is 15.1. The maximum atomic E-state index is 12.1. The first-order valence-corrected chi connectivity index (χ1v) is 8.73. The van der Waals surface area contributed by atoms with Crippen LogP contribution in [0.5, 0.6) is 0 Å². The van der Waals surface area contributed by atoms with Crippen LogP contribution in [0.25, 0.3) is 0 Å². The topological polar surface area (TPSA) is 71.1 Å². The minimum Gasteiger partial charge on any atom is -0.352 e. The van der Waals surface area contributed by atoms with E-state index in [1.54, 1.807) is 18.3 Å². The summed E-state index contributed by atoms with van der Waals surface area (Å²) < 4.78 is 0. The number of nitrogens with one attached hydrogen (secondary N) is 2. The van der Waals surface area contributed by atoms with Gasteiger partial charge >= 0.3 is 0 Å². The van der Waals surface area contributed by atoms with Gasteiger partial charge in [0.25, 0.3) is 5.91 Å². The highest BCUT2D eigenvalue weighted by atomic mass is 16.2. The average Bonchev–Trinajstić information content (AvgIpc) is 2.68. The van der Waals surface area contributed by atoms with Crippen LogP contribution in [-0.4, -0.2) is 16.8 Å². The zero-order valence-corrected chi connectivity index (χ0v) is 15.1. The van der Waals surface area contributed by atoms with Gasteiger partial charge in [-0.25, -0.2) is 0 Å². The quantitative estimate of drug-likeness (QED) is 0.708. The summed E-state index contributed by atoms with van der Waals surface area (Å²) in [6, 6.07) is 18.8. The van der Waals surface area contributed by atoms with Crippen molar-refractivity contribution in [2.24, 2.45) is 0 Å². The molecule has 27 heavy (non-hydrogen) atoms. The molecule has 0 bridgehead atoms. The van der Waals surface area contributed by atoms with E-state index in [9.17, 15) is 9.59 Å². The Hall–Kier alpha value is -3.47. The Bertz CT molecular complexity index is 922. The molecular formula is C22H21N3O2. The van der Waals surface area contributed by atoms with Crippen molar-refractivity contribution in [2.75, 3.05) is 5.32 Å². The molecule has 2 aromatic carbocycles. The van der Waals surface area contributed by atoms with E-state index < -0.39 is 0 Å². The van der Waals surface area contributed by atoms with E-state index in [0.29, 0.717) is 24.2 Å². The Morgan fingerprint density at radius 1 is 0.963 bits per heavy atom. The first-order valence-electron chi connectivity index (χ1n) is 8.73.